The minimum Gasteiger partial charge on any atom is -0.305 e. The second-order valence-corrected chi connectivity index (χ2v) is 5.46. The van der Waals surface area contributed by atoms with Crippen molar-refractivity contribution in [2.75, 3.05) is 4.90 Å². The van der Waals surface area contributed by atoms with Gasteiger partial charge in [0.1, 0.15) is 6.04 Å². The van der Waals surface area contributed by atoms with Crippen molar-refractivity contribution in [3.05, 3.63) is 66.2 Å². The van der Waals surface area contributed by atoms with Gasteiger partial charge in [0, 0.05) is 0 Å². The Bertz CT molecular complexity index is 685. The standard InChI is InChI=1S/C18H18N2O2/c1-13(15-9-5-3-6-10-15)19-14(2)17(21)20(18(19)22)16-11-7-4-8-12-16/h3-14H,1-2H3. The lowest BCUT2D eigenvalue weighted by Crippen LogP contribution is -2.36. The Morgan fingerprint density at radius 1 is 0.909 bits per heavy atom. The summed E-state index contributed by atoms with van der Waals surface area (Å²) in [6.07, 6.45) is 0. The first-order chi connectivity index (χ1) is 10.6. The Balaban J connectivity index is 1.94. The number of hydrogen-bond donors (Lipinski definition) is 0. The quantitative estimate of drug-likeness (QED) is 0.811. The minimum atomic E-state index is -0.470. The first-order valence-electron chi connectivity index (χ1n) is 7.37. The molecule has 0 N–H and O–H groups in total. The summed E-state index contributed by atoms with van der Waals surface area (Å²) in [5.74, 6) is -0.181. The molecule has 0 radical (unpaired) electrons. The van der Waals surface area contributed by atoms with E-state index in [1.807, 2.05) is 55.5 Å². The van der Waals surface area contributed by atoms with Crippen molar-refractivity contribution >= 4 is 17.6 Å². The molecule has 1 aliphatic heterocycles. The van der Waals surface area contributed by atoms with Crippen LogP contribution < -0.4 is 4.90 Å². The van der Waals surface area contributed by atoms with E-state index in [0.29, 0.717) is 5.69 Å². The van der Waals surface area contributed by atoms with Crippen LogP contribution in [0.5, 0.6) is 0 Å². The van der Waals surface area contributed by atoms with E-state index >= 15 is 0 Å². The number of hydrogen-bond acceptors (Lipinski definition) is 2. The van der Waals surface area contributed by atoms with Crippen LogP contribution in [0.2, 0.25) is 0 Å². The number of benzene rings is 2. The smallest absolute Gasteiger partial charge is 0.305 e. The predicted molar refractivity (Wildman–Crippen MR) is 85.5 cm³/mol. The summed E-state index contributed by atoms with van der Waals surface area (Å²) in [6, 6.07) is 17.9. The average Bonchev–Trinajstić information content (AvgIpc) is 2.78. The highest BCUT2D eigenvalue weighted by Crippen LogP contribution is 2.32. The topological polar surface area (TPSA) is 40.6 Å². The number of imide groups is 1. The van der Waals surface area contributed by atoms with Crippen LogP contribution in [0.25, 0.3) is 0 Å². The van der Waals surface area contributed by atoms with Gasteiger partial charge in [-0.25, -0.2) is 9.69 Å². The molecule has 3 rings (SSSR count). The van der Waals surface area contributed by atoms with E-state index in [1.54, 1.807) is 24.0 Å². The van der Waals surface area contributed by atoms with Crippen LogP contribution in [0.15, 0.2) is 60.7 Å². The lowest BCUT2D eigenvalue weighted by molar-refractivity contribution is -0.119. The number of carbonyl (C=O) groups excluding carboxylic acids is 2. The molecule has 2 aromatic carbocycles. The van der Waals surface area contributed by atoms with Gasteiger partial charge in [-0.15, -0.1) is 0 Å². The third-order valence-electron chi connectivity index (χ3n) is 4.12. The summed E-state index contributed by atoms with van der Waals surface area (Å²) in [7, 11) is 0. The van der Waals surface area contributed by atoms with Gasteiger partial charge in [0.25, 0.3) is 5.91 Å². The molecule has 2 aromatic rings. The van der Waals surface area contributed by atoms with Gasteiger partial charge < -0.3 is 4.90 Å². The van der Waals surface area contributed by atoms with E-state index in [1.165, 1.54) is 4.90 Å². The van der Waals surface area contributed by atoms with Gasteiger partial charge in [-0.2, -0.15) is 0 Å². The predicted octanol–water partition coefficient (Wildman–Crippen LogP) is 3.60. The largest absolute Gasteiger partial charge is 0.332 e. The van der Waals surface area contributed by atoms with E-state index in [2.05, 4.69) is 0 Å². The molecule has 0 aromatic heterocycles. The maximum atomic E-state index is 12.8. The fourth-order valence-electron chi connectivity index (χ4n) is 2.89. The number of rotatable bonds is 3. The molecule has 1 aliphatic rings. The number of anilines is 1. The minimum absolute atomic E-state index is 0.152. The summed E-state index contributed by atoms with van der Waals surface area (Å²) in [6.45, 7) is 3.73. The summed E-state index contributed by atoms with van der Waals surface area (Å²) in [4.78, 5) is 28.2. The van der Waals surface area contributed by atoms with Gasteiger partial charge in [0.2, 0.25) is 0 Å². The molecule has 4 nitrogen and oxygen atoms in total. The van der Waals surface area contributed by atoms with Crippen molar-refractivity contribution in [3.63, 3.8) is 0 Å². The average molecular weight is 294 g/mol. The summed E-state index contributed by atoms with van der Waals surface area (Å²) in [5, 5.41) is 0. The molecule has 0 aliphatic carbocycles. The van der Waals surface area contributed by atoms with Gasteiger partial charge in [0.15, 0.2) is 0 Å². The normalized spacial score (nSPS) is 19.6. The fourth-order valence-corrected chi connectivity index (χ4v) is 2.89. The van der Waals surface area contributed by atoms with Crippen LogP contribution in [0, 0.1) is 0 Å². The molecule has 2 atom stereocenters. The van der Waals surface area contributed by atoms with E-state index in [4.69, 9.17) is 0 Å². The third kappa shape index (κ3) is 2.26. The Morgan fingerprint density at radius 2 is 1.45 bits per heavy atom. The monoisotopic (exact) mass is 294 g/mol. The Kier molecular flexibility index (Phi) is 3.67. The van der Waals surface area contributed by atoms with Gasteiger partial charge in [-0.1, -0.05) is 48.5 Å². The first kappa shape index (κ1) is 14.3. The van der Waals surface area contributed by atoms with Crippen LogP contribution in [0.1, 0.15) is 25.5 Å². The first-order valence-corrected chi connectivity index (χ1v) is 7.37. The van der Waals surface area contributed by atoms with Gasteiger partial charge in [-0.3, -0.25) is 4.79 Å². The summed E-state index contributed by atoms with van der Waals surface area (Å²) in [5.41, 5.74) is 1.64. The maximum absolute atomic E-state index is 12.8. The molecular formula is C18H18N2O2. The van der Waals surface area contributed by atoms with Crippen LogP contribution in [0.3, 0.4) is 0 Å². The lowest BCUT2D eigenvalue weighted by atomic mass is 10.1. The Hall–Kier alpha value is -2.62. The van der Waals surface area contributed by atoms with Crippen LogP contribution >= 0.6 is 0 Å². The van der Waals surface area contributed by atoms with Gasteiger partial charge in [-0.05, 0) is 31.5 Å². The number of amides is 3. The molecular weight excluding hydrogens is 276 g/mol. The van der Waals surface area contributed by atoms with E-state index in [-0.39, 0.29) is 18.0 Å². The maximum Gasteiger partial charge on any atom is 0.332 e. The van der Waals surface area contributed by atoms with Gasteiger partial charge >= 0.3 is 6.03 Å². The third-order valence-corrected chi connectivity index (χ3v) is 4.12. The highest BCUT2D eigenvalue weighted by molar-refractivity contribution is 6.21. The van der Waals surface area contributed by atoms with Crippen LogP contribution in [0.4, 0.5) is 10.5 Å². The Labute approximate surface area is 130 Å². The van der Waals surface area contributed by atoms with Crippen molar-refractivity contribution in [2.24, 2.45) is 0 Å². The number of urea groups is 1. The van der Waals surface area contributed by atoms with E-state index in [0.717, 1.165) is 5.56 Å². The zero-order valence-electron chi connectivity index (χ0n) is 12.6. The van der Waals surface area contributed by atoms with E-state index < -0.39 is 6.04 Å². The zero-order chi connectivity index (χ0) is 15.7. The lowest BCUT2D eigenvalue weighted by Gasteiger charge is -2.27. The molecule has 3 amide bonds. The highest BCUT2D eigenvalue weighted by Gasteiger charge is 2.45. The fraction of sp³-hybridized carbons (Fsp3) is 0.222. The Morgan fingerprint density at radius 3 is 2.05 bits per heavy atom. The second kappa shape index (κ2) is 5.64. The van der Waals surface area contributed by atoms with Crippen molar-refractivity contribution in [1.82, 2.24) is 4.90 Å². The molecule has 22 heavy (non-hydrogen) atoms. The van der Waals surface area contributed by atoms with Gasteiger partial charge in [0.05, 0.1) is 11.7 Å². The molecule has 2 unspecified atom stereocenters. The van der Waals surface area contributed by atoms with Crippen molar-refractivity contribution in [1.29, 1.82) is 0 Å². The molecule has 0 saturated carbocycles. The number of nitrogens with zero attached hydrogens (tertiary/aromatic N) is 2. The number of para-hydroxylation sites is 1. The molecule has 1 fully saturated rings. The highest BCUT2D eigenvalue weighted by atomic mass is 16.2. The SMILES string of the molecule is CC1C(=O)N(c2ccccc2)C(=O)N1C(C)c1ccccc1. The van der Waals surface area contributed by atoms with Crippen molar-refractivity contribution < 1.29 is 9.59 Å². The molecule has 112 valence electrons. The molecule has 0 spiro atoms. The zero-order valence-corrected chi connectivity index (χ0v) is 12.6. The molecule has 1 saturated heterocycles. The molecule has 0 bridgehead atoms. The number of carbonyl (C=O) groups is 2. The summed E-state index contributed by atoms with van der Waals surface area (Å²) >= 11 is 0. The van der Waals surface area contributed by atoms with E-state index in [9.17, 15) is 9.59 Å². The second-order valence-electron chi connectivity index (χ2n) is 5.46. The van der Waals surface area contributed by atoms with Crippen molar-refractivity contribution in [3.8, 4) is 0 Å². The van der Waals surface area contributed by atoms with Crippen LogP contribution in [-0.4, -0.2) is 22.9 Å². The molecule has 4 heteroatoms. The van der Waals surface area contributed by atoms with Crippen LogP contribution in [-0.2, 0) is 4.79 Å². The summed E-state index contributed by atoms with van der Waals surface area (Å²) < 4.78 is 0. The molecule has 1 heterocycles. The van der Waals surface area contributed by atoms with Crippen molar-refractivity contribution in [2.45, 2.75) is 25.9 Å².